The van der Waals surface area contributed by atoms with Gasteiger partial charge in [0.25, 0.3) is 0 Å². The molecule has 0 aliphatic carbocycles. The van der Waals surface area contributed by atoms with Crippen LogP contribution in [0.1, 0.15) is 12.5 Å². The molecule has 0 bridgehead atoms. The molecule has 130 valence electrons. The van der Waals surface area contributed by atoms with Gasteiger partial charge in [-0.3, -0.25) is 4.79 Å². The second-order valence-corrected chi connectivity index (χ2v) is 6.40. The molecular weight excluding hydrogens is 330 g/mol. The maximum Gasteiger partial charge on any atom is 0.233 e. The Morgan fingerprint density at radius 2 is 2.21 bits per heavy atom. The largest absolute Gasteiger partial charge is 0.494 e. The molecule has 1 aromatic carbocycles. The highest BCUT2D eigenvalue weighted by Crippen LogP contribution is 2.28. The number of ether oxygens (including phenoxy) is 2. The van der Waals surface area contributed by atoms with Crippen LogP contribution in [0.3, 0.4) is 0 Å². The van der Waals surface area contributed by atoms with E-state index < -0.39 is 0 Å². The third-order valence-electron chi connectivity index (χ3n) is 3.26. The molecule has 0 spiro atoms. The van der Waals surface area contributed by atoms with Crippen molar-refractivity contribution in [2.75, 3.05) is 27.4 Å². The van der Waals surface area contributed by atoms with Gasteiger partial charge in [0.05, 0.1) is 19.0 Å². The van der Waals surface area contributed by atoms with E-state index in [-0.39, 0.29) is 11.2 Å². The third kappa shape index (κ3) is 4.45. The summed E-state index contributed by atoms with van der Waals surface area (Å²) in [6.45, 7) is 4.73. The Hall–Kier alpha value is -2.13. The van der Waals surface area contributed by atoms with Crippen molar-refractivity contribution < 1.29 is 14.3 Å². The van der Waals surface area contributed by atoms with Crippen molar-refractivity contribution in [2.45, 2.75) is 24.3 Å². The van der Waals surface area contributed by atoms with E-state index in [1.54, 1.807) is 25.8 Å². The van der Waals surface area contributed by atoms with Crippen molar-refractivity contribution in [3.05, 3.63) is 23.8 Å². The van der Waals surface area contributed by atoms with Crippen molar-refractivity contribution in [1.82, 2.24) is 25.5 Å². The summed E-state index contributed by atoms with van der Waals surface area (Å²) in [6, 6.07) is 5.75. The number of benzene rings is 1. The van der Waals surface area contributed by atoms with Gasteiger partial charge in [0.15, 0.2) is 0 Å². The van der Waals surface area contributed by atoms with E-state index >= 15 is 0 Å². The minimum atomic E-state index is -0.345. The van der Waals surface area contributed by atoms with Gasteiger partial charge in [-0.1, -0.05) is 17.8 Å². The van der Waals surface area contributed by atoms with Gasteiger partial charge in [-0.05, 0) is 42.0 Å². The Kier molecular flexibility index (Phi) is 6.56. The molecule has 1 aromatic heterocycles. The molecule has 2 rings (SSSR count). The van der Waals surface area contributed by atoms with E-state index in [4.69, 9.17) is 9.47 Å². The minimum Gasteiger partial charge on any atom is -0.494 e. The Morgan fingerprint density at radius 3 is 2.92 bits per heavy atom. The Morgan fingerprint density at radius 1 is 1.42 bits per heavy atom. The molecule has 0 aliphatic rings. The van der Waals surface area contributed by atoms with Crippen LogP contribution >= 0.6 is 11.8 Å². The first-order chi connectivity index (χ1) is 11.6. The summed E-state index contributed by atoms with van der Waals surface area (Å²) < 4.78 is 11.9. The standard InChI is InChI=1S/C15H21N5O3S/c1-10-5-6-13(23-4)12(9-10)20-15(17-18-19-20)24-11(2)14(21)16-7-8-22-3/h5-6,9,11H,7-8H2,1-4H3,(H,16,21)/t11-/m0/s1. The lowest BCUT2D eigenvalue weighted by Gasteiger charge is -2.13. The Labute approximate surface area is 144 Å². The lowest BCUT2D eigenvalue weighted by molar-refractivity contribution is -0.120. The number of carbonyl (C=O) groups is 1. The molecule has 0 radical (unpaired) electrons. The summed E-state index contributed by atoms with van der Waals surface area (Å²) >= 11 is 1.28. The van der Waals surface area contributed by atoms with Crippen molar-refractivity contribution >= 4 is 17.7 Å². The predicted octanol–water partition coefficient (Wildman–Crippen LogP) is 1.22. The Bertz CT molecular complexity index is 691. The molecule has 1 heterocycles. The van der Waals surface area contributed by atoms with Gasteiger partial charge < -0.3 is 14.8 Å². The first kappa shape index (κ1) is 18.2. The molecule has 0 fully saturated rings. The van der Waals surface area contributed by atoms with Crippen molar-refractivity contribution in [3.63, 3.8) is 0 Å². The summed E-state index contributed by atoms with van der Waals surface area (Å²) in [4.78, 5) is 12.1. The van der Waals surface area contributed by atoms with E-state index in [1.807, 2.05) is 25.1 Å². The molecule has 9 heteroatoms. The second-order valence-electron chi connectivity index (χ2n) is 5.09. The number of methoxy groups -OCH3 is 2. The lowest BCUT2D eigenvalue weighted by Crippen LogP contribution is -2.33. The normalized spacial score (nSPS) is 12.0. The third-order valence-corrected chi connectivity index (χ3v) is 4.29. The van der Waals surface area contributed by atoms with Crippen molar-refractivity contribution in [1.29, 1.82) is 0 Å². The fraction of sp³-hybridized carbons (Fsp3) is 0.467. The predicted molar refractivity (Wildman–Crippen MR) is 90.6 cm³/mol. The highest BCUT2D eigenvalue weighted by molar-refractivity contribution is 8.00. The van der Waals surface area contributed by atoms with E-state index in [2.05, 4.69) is 20.8 Å². The number of hydrogen-bond acceptors (Lipinski definition) is 7. The van der Waals surface area contributed by atoms with Gasteiger partial charge >= 0.3 is 0 Å². The number of nitrogens with zero attached hydrogens (tertiary/aromatic N) is 4. The maximum absolute atomic E-state index is 12.1. The summed E-state index contributed by atoms with van der Waals surface area (Å²) in [5.74, 6) is 0.565. The number of hydrogen-bond donors (Lipinski definition) is 1. The molecule has 1 atom stereocenters. The maximum atomic E-state index is 12.1. The Balaban J connectivity index is 2.16. The van der Waals surface area contributed by atoms with Gasteiger partial charge in [0.2, 0.25) is 11.1 Å². The van der Waals surface area contributed by atoms with Crippen LogP contribution < -0.4 is 10.1 Å². The van der Waals surface area contributed by atoms with E-state index in [0.29, 0.717) is 24.1 Å². The average Bonchev–Trinajstić information content (AvgIpc) is 3.02. The zero-order valence-corrected chi connectivity index (χ0v) is 15.0. The van der Waals surface area contributed by atoms with Crippen LogP contribution in [-0.4, -0.2) is 58.7 Å². The molecule has 24 heavy (non-hydrogen) atoms. The molecule has 1 N–H and O–H groups in total. The van der Waals surface area contributed by atoms with Crippen LogP contribution in [0, 0.1) is 6.92 Å². The molecule has 0 saturated carbocycles. The number of tetrazole rings is 1. The zero-order chi connectivity index (χ0) is 17.5. The number of thioether (sulfide) groups is 1. The topological polar surface area (TPSA) is 91.2 Å². The fourth-order valence-electron chi connectivity index (χ4n) is 2.00. The van der Waals surface area contributed by atoms with E-state index in [0.717, 1.165) is 11.3 Å². The first-order valence-corrected chi connectivity index (χ1v) is 8.31. The van der Waals surface area contributed by atoms with Crippen molar-refractivity contribution in [3.8, 4) is 11.4 Å². The zero-order valence-electron chi connectivity index (χ0n) is 14.1. The van der Waals surface area contributed by atoms with Crippen LogP contribution in [0.25, 0.3) is 5.69 Å². The van der Waals surface area contributed by atoms with Crippen molar-refractivity contribution in [2.24, 2.45) is 0 Å². The van der Waals surface area contributed by atoms with Gasteiger partial charge in [0, 0.05) is 13.7 Å². The number of rotatable bonds is 8. The molecule has 0 saturated heterocycles. The van der Waals surface area contributed by atoms with Gasteiger partial charge in [-0.25, -0.2) is 0 Å². The summed E-state index contributed by atoms with van der Waals surface area (Å²) in [7, 11) is 3.19. The van der Waals surface area contributed by atoms with Crippen LogP contribution in [0.5, 0.6) is 5.75 Å². The first-order valence-electron chi connectivity index (χ1n) is 7.43. The number of amides is 1. The van der Waals surface area contributed by atoms with Gasteiger partial charge in [0.1, 0.15) is 11.4 Å². The molecule has 8 nitrogen and oxygen atoms in total. The van der Waals surface area contributed by atoms with Crippen LogP contribution in [0.2, 0.25) is 0 Å². The lowest BCUT2D eigenvalue weighted by atomic mass is 10.2. The highest BCUT2D eigenvalue weighted by atomic mass is 32.2. The van der Waals surface area contributed by atoms with Crippen LogP contribution in [-0.2, 0) is 9.53 Å². The smallest absolute Gasteiger partial charge is 0.233 e. The molecule has 2 aromatic rings. The highest BCUT2D eigenvalue weighted by Gasteiger charge is 2.20. The quantitative estimate of drug-likeness (QED) is 0.565. The van der Waals surface area contributed by atoms with Crippen LogP contribution in [0.4, 0.5) is 0 Å². The summed E-state index contributed by atoms with van der Waals surface area (Å²) in [6.07, 6.45) is 0. The van der Waals surface area contributed by atoms with Gasteiger partial charge in [-0.2, -0.15) is 4.68 Å². The molecular formula is C15H21N5O3S. The molecule has 0 aliphatic heterocycles. The SMILES string of the molecule is COCCNC(=O)[C@H](C)Sc1nnnn1-c1cc(C)ccc1OC. The fourth-order valence-corrected chi connectivity index (χ4v) is 2.83. The second kappa shape index (κ2) is 8.65. The number of aryl methyl sites for hydroxylation is 1. The molecule has 1 amide bonds. The minimum absolute atomic E-state index is 0.0946. The van der Waals surface area contributed by atoms with Gasteiger partial charge in [-0.15, -0.1) is 5.10 Å². The number of carbonyl (C=O) groups excluding carboxylic acids is 1. The summed E-state index contributed by atoms with van der Waals surface area (Å²) in [5.41, 5.74) is 1.79. The average molecular weight is 351 g/mol. The van der Waals surface area contributed by atoms with Crippen LogP contribution in [0.15, 0.2) is 23.4 Å². The monoisotopic (exact) mass is 351 g/mol. The number of aromatic nitrogens is 4. The van der Waals surface area contributed by atoms with E-state index in [9.17, 15) is 4.79 Å². The molecule has 0 unspecified atom stereocenters. The number of nitrogens with one attached hydrogen (secondary N) is 1. The van der Waals surface area contributed by atoms with E-state index in [1.165, 1.54) is 11.8 Å². The summed E-state index contributed by atoms with van der Waals surface area (Å²) in [5, 5.41) is 14.8.